The van der Waals surface area contributed by atoms with Crippen LogP contribution in [0.1, 0.15) is 5.56 Å². The van der Waals surface area contributed by atoms with E-state index in [1.54, 1.807) is 12.1 Å². The van der Waals surface area contributed by atoms with Crippen LogP contribution in [0.25, 0.3) is 0 Å². The Bertz CT molecular complexity index is 1080. The fourth-order valence-corrected chi connectivity index (χ4v) is 5.27. The predicted octanol–water partition coefficient (Wildman–Crippen LogP) is 4.62. The summed E-state index contributed by atoms with van der Waals surface area (Å²) in [5.41, 5.74) is 0.356. The van der Waals surface area contributed by atoms with Crippen molar-refractivity contribution in [2.75, 3.05) is 4.47 Å². The highest BCUT2D eigenvalue weighted by atomic mass is 32.2. The molecule has 0 bridgehead atoms. The molecule has 0 amide bonds. The molecule has 13 heteroatoms. The molecule has 3 aromatic rings. The molecule has 0 fully saturated rings. The van der Waals surface area contributed by atoms with Gasteiger partial charge in [0.1, 0.15) is 5.82 Å². The van der Waals surface area contributed by atoms with Crippen molar-refractivity contribution in [3.8, 4) is 0 Å². The van der Waals surface area contributed by atoms with Crippen LogP contribution in [-0.2, 0) is 20.6 Å². The lowest BCUT2D eigenvalue weighted by molar-refractivity contribution is -0.322. The number of rotatable bonds is 7. The summed E-state index contributed by atoms with van der Waals surface area (Å²) in [6.07, 6.45) is -5.28. The lowest BCUT2D eigenvalue weighted by atomic mass is 10.2. The van der Waals surface area contributed by atoms with E-state index in [4.69, 9.17) is 0 Å². The van der Waals surface area contributed by atoms with Gasteiger partial charge in [0.05, 0.1) is 4.90 Å². The van der Waals surface area contributed by atoms with Crippen LogP contribution in [0.3, 0.4) is 0 Å². The second-order valence-electron chi connectivity index (χ2n) is 5.31. The lowest BCUT2D eigenvalue weighted by Crippen LogP contribution is -2.36. The van der Waals surface area contributed by atoms with Crippen LogP contribution in [-0.4, -0.2) is 25.0 Å². The van der Waals surface area contributed by atoms with Gasteiger partial charge in [0, 0.05) is 5.75 Å². The molecule has 0 N–H and O–H groups in total. The van der Waals surface area contributed by atoms with Gasteiger partial charge in [0.15, 0.2) is 4.34 Å². The smallest absolute Gasteiger partial charge is 0.207 e. The number of nitrogens with zero attached hydrogens (tertiary/aromatic N) is 3. The first-order chi connectivity index (χ1) is 13.7. The van der Waals surface area contributed by atoms with E-state index in [0.29, 0.717) is 16.9 Å². The molecule has 3 rings (SSSR count). The highest BCUT2D eigenvalue weighted by Gasteiger charge is 2.41. The number of hydrogen-bond acceptors (Lipinski definition) is 7. The van der Waals surface area contributed by atoms with Crippen molar-refractivity contribution < 1.29 is 30.8 Å². The van der Waals surface area contributed by atoms with Crippen molar-refractivity contribution in [2.45, 2.75) is 21.4 Å². The summed E-state index contributed by atoms with van der Waals surface area (Å²) in [6, 6.07) is 12.4. The van der Waals surface area contributed by atoms with Crippen LogP contribution in [0.4, 0.5) is 22.7 Å². The molecule has 0 aliphatic rings. The standard InChI is InChI=1S/C16H11F4N3O3S3/c17-13-9-5-4-6-11(13)10-27-15-22-21-14(28-15)23(26-16(18,19)20)29(24,25)12-7-2-1-3-8-12/h1-9H,10H2. The largest absolute Gasteiger partial charge is 0.545 e. The summed E-state index contributed by atoms with van der Waals surface area (Å²) < 4.78 is 77.3. The molecular formula is C16H11F4N3O3S3. The average molecular weight is 465 g/mol. The Balaban J connectivity index is 1.87. The molecule has 154 valence electrons. The molecular weight excluding hydrogens is 454 g/mol. The van der Waals surface area contributed by atoms with Crippen LogP contribution in [0.5, 0.6) is 0 Å². The molecule has 0 atom stereocenters. The minimum Gasteiger partial charge on any atom is -0.207 e. The van der Waals surface area contributed by atoms with Gasteiger partial charge in [-0.1, -0.05) is 59.5 Å². The quantitative estimate of drug-likeness (QED) is 0.288. The SMILES string of the molecule is O=S(=O)(c1ccccc1)N(OC(F)(F)F)c1nnc(SCc2ccccc2F)s1. The molecule has 1 heterocycles. The van der Waals surface area contributed by atoms with Gasteiger partial charge in [-0.2, -0.15) is 13.3 Å². The monoisotopic (exact) mass is 465 g/mol. The molecule has 2 aromatic carbocycles. The van der Waals surface area contributed by atoms with E-state index in [0.717, 1.165) is 23.9 Å². The Hall–Kier alpha value is -2.22. The van der Waals surface area contributed by atoms with Gasteiger partial charge in [-0.3, -0.25) is 0 Å². The Kier molecular flexibility index (Phi) is 6.41. The third kappa shape index (κ3) is 5.44. The fraction of sp³-hybridized carbons (Fsp3) is 0.125. The minimum absolute atomic E-state index is 0.132. The van der Waals surface area contributed by atoms with Crippen molar-refractivity contribution in [1.29, 1.82) is 0 Å². The normalized spacial score (nSPS) is 12.1. The van der Waals surface area contributed by atoms with Crippen LogP contribution >= 0.6 is 23.1 Å². The van der Waals surface area contributed by atoms with Gasteiger partial charge in [-0.25, -0.2) is 4.39 Å². The third-order valence-corrected chi connectivity index (χ3v) is 7.05. The van der Waals surface area contributed by atoms with E-state index in [2.05, 4.69) is 15.0 Å². The van der Waals surface area contributed by atoms with Crippen molar-refractivity contribution in [3.05, 3.63) is 66.0 Å². The van der Waals surface area contributed by atoms with Gasteiger partial charge in [-0.05, 0) is 23.8 Å². The van der Waals surface area contributed by atoms with E-state index < -0.39 is 32.2 Å². The molecule has 0 spiro atoms. The maximum atomic E-state index is 13.7. The molecule has 0 aliphatic carbocycles. The number of anilines is 1. The zero-order chi connectivity index (χ0) is 21.1. The summed E-state index contributed by atoms with van der Waals surface area (Å²) in [5.74, 6) is -0.314. The van der Waals surface area contributed by atoms with E-state index in [1.165, 1.54) is 30.3 Å². The molecule has 0 aliphatic heterocycles. The molecule has 1 aromatic heterocycles. The fourth-order valence-electron chi connectivity index (χ4n) is 2.06. The first kappa shape index (κ1) is 21.5. The molecule has 0 radical (unpaired) electrons. The molecule has 29 heavy (non-hydrogen) atoms. The highest BCUT2D eigenvalue weighted by Crippen LogP contribution is 2.35. The topological polar surface area (TPSA) is 72.4 Å². The number of benzene rings is 2. The number of alkyl halides is 3. The van der Waals surface area contributed by atoms with E-state index in [1.807, 2.05) is 0 Å². The zero-order valence-electron chi connectivity index (χ0n) is 14.2. The summed E-state index contributed by atoms with van der Waals surface area (Å²) in [4.78, 5) is 3.31. The number of aromatic nitrogens is 2. The Morgan fingerprint density at radius 3 is 2.34 bits per heavy atom. The second kappa shape index (κ2) is 8.65. The van der Waals surface area contributed by atoms with Crippen LogP contribution < -0.4 is 4.47 Å². The van der Waals surface area contributed by atoms with Crippen LogP contribution in [0.15, 0.2) is 63.8 Å². The Morgan fingerprint density at radius 2 is 1.69 bits per heavy atom. The number of sulfonamides is 1. The number of thioether (sulfide) groups is 1. The lowest BCUT2D eigenvalue weighted by Gasteiger charge is -2.20. The van der Waals surface area contributed by atoms with Crippen molar-refractivity contribution in [1.82, 2.24) is 10.2 Å². The first-order valence-electron chi connectivity index (χ1n) is 7.73. The van der Waals surface area contributed by atoms with Gasteiger partial charge >= 0.3 is 6.36 Å². The summed E-state index contributed by atoms with van der Waals surface area (Å²) in [5, 5.41) is 6.54. The number of hydrogen-bond donors (Lipinski definition) is 0. The summed E-state index contributed by atoms with van der Waals surface area (Å²) >= 11 is 1.57. The van der Waals surface area contributed by atoms with Gasteiger partial charge in [0.25, 0.3) is 10.0 Å². The zero-order valence-corrected chi connectivity index (χ0v) is 16.7. The van der Waals surface area contributed by atoms with E-state index in [-0.39, 0.29) is 14.6 Å². The third-order valence-electron chi connectivity index (χ3n) is 3.31. The van der Waals surface area contributed by atoms with E-state index in [9.17, 15) is 26.0 Å². The maximum absolute atomic E-state index is 13.7. The molecule has 0 saturated heterocycles. The van der Waals surface area contributed by atoms with Gasteiger partial charge in [-0.15, -0.1) is 27.8 Å². The first-order valence-corrected chi connectivity index (χ1v) is 11.0. The summed E-state index contributed by atoms with van der Waals surface area (Å²) in [6.45, 7) is 0. The van der Waals surface area contributed by atoms with Gasteiger partial charge in [0.2, 0.25) is 5.13 Å². The van der Waals surface area contributed by atoms with E-state index >= 15 is 0 Å². The molecule has 0 unspecified atom stereocenters. The van der Waals surface area contributed by atoms with Crippen LogP contribution in [0, 0.1) is 5.82 Å². The molecule has 6 nitrogen and oxygen atoms in total. The average Bonchev–Trinajstić information content (AvgIpc) is 3.14. The van der Waals surface area contributed by atoms with Crippen molar-refractivity contribution in [2.24, 2.45) is 0 Å². The second-order valence-corrected chi connectivity index (χ2v) is 9.24. The minimum atomic E-state index is -5.28. The Labute approximate surface area is 171 Å². The Morgan fingerprint density at radius 1 is 1.03 bits per heavy atom. The molecule has 0 saturated carbocycles. The maximum Gasteiger partial charge on any atom is 0.545 e. The van der Waals surface area contributed by atoms with Crippen LogP contribution in [0.2, 0.25) is 0 Å². The highest BCUT2D eigenvalue weighted by molar-refractivity contribution is 8.00. The predicted molar refractivity (Wildman–Crippen MR) is 99.1 cm³/mol. The van der Waals surface area contributed by atoms with Crippen molar-refractivity contribution >= 4 is 38.3 Å². The van der Waals surface area contributed by atoms with Crippen molar-refractivity contribution in [3.63, 3.8) is 0 Å². The number of halogens is 4. The summed E-state index contributed by atoms with van der Waals surface area (Å²) in [7, 11) is -4.72. The van der Waals surface area contributed by atoms with Gasteiger partial charge < -0.3 is 0 Å².